The highest BCUT2D eigenvalue weighted by Crippen LogP contribution is 2.35. The zero-order valence-corrected chi connectivity index (χ0v) is 8.98. The molecule has 0 aromatic heterocycles. The van der Waals surface area contributed by atoms with Gasteiger partial charge in [0.2, 0.25) is 0 Å². The zero-order chi connectivity index (χ0) is 11.0. The Morgan fingerprint density at radius 2 is 2.25 bits per heavy atom. The maximum absolute atomic E-state index is 9.39. The van der Waals surface area contributed by atoms with Crippen LogP contribution in [0.4, 0.5) is 0 Å². The van der Waals surface area contributed by atoms with Crippen molar-refractivity contribution in [2.75, 3.05) is 13.2 Å². The van der Waals surface area contributed by atoms with Crippen molar-refractivity contribution in [1.82, 2.24) is 5.32 Å². The molecule has 0 unspecified atom stereocenters. The summed E-state index contributed by atoms with van der Waals surface area (Å²) in [6, 6.07) is 5.32. The van der Waals surface area contributed by atoms with Crippen LogP contribution in [0.2, 0.25) is 0 Å². The summed E-state index contributed by atoms with van der Waals surface area (Å²) < 4.78 is 11.5. The molecule has 2 heterocycles. The van der Waals surface area contributed by atoms with Gasteiger partial charge >= 0.3 is 0 Å². The second kappa shape index (κ2) is 3.87. The Balaban J connectivity index is 1.79. The molecule has 1 aromatic carbocycles. The molecular weight excluding hydrogens is 206 g/mol. The zero-order valence-electron chi connectivity index (χ0n) is 8.98. The van der Waals surface area contributed by atoms with E-state index in [1.807, 2.05) is 0 Å². The number of hydrogen-bond donors (Lipinski definition) is 2. The van der Waals surface area contributed by atoms with E-state index in [1.54, 1.807) is 18.2 Å². The minimum atomic E-state index is 0.0526. The molecule has 4 nitrogen and oxygen atoms in total. The Bertz CT molecular complexity index is 388. The number of hydrogen-bond acceptors (Lipinski definition) is 4. The molecule has 16 heavy (non-hydrogen) atoms. The number of aromatic hydroxyl groups is 1. The summed E-state index contributed by atoms with van der Waals surface area (Å²) in [4.78, 5) is 0. The number of fused-ring (bicyclic) bond motifs is 1. The van der Waals surface area contributed by atoms with E-state index in [0.29, 0.717) is 24.1 Å². The fraction of sp³-hybridized carbons (Fsp3) is 0.500. The molecule has 0 radical (unpaired) electrons. The highest BCUT2D eigenvalue weighted by atomic mass is 16.6. The highest BCUT2D eigenvalue weighted by molar-refractivity contribution is 5.46. The Morgan fingerprint density at radius 1 is 1.31 bits per heavy atom. The molecule has 2 aliphatic heterocycles. The summed E-state index contributed by atoms with van der Waals surface area (Å²) in [5.74, 6) is 1.57. The smallest absolute Gasteiger partial charge is 0.165 e. The minimum Gasteiger partial charge on any atom is -0.508 e. The maximum atomic E-state index is 9.39. The van der Waals surface area contributed by atoms with Crippen molar-refractivity contribution in [2.24, 2.45) is 0 Å². The van der Waals surface area contributed by atoms with Crippen LogP contribution < -0.4 is 14.8 Å². The van der Waals surface area contributed by atoms with Gasteiger partial charge < -0.3 is 19.9 Å². The molecule has 0 amide bonds. The van der Waals surface area contributed by atoms with E-state index < -0.39 is 0 Å². The van der Waals surface area contributed by atoms with Crippen LogP contribution in [-0.2, 0) is 0 Å². The third-order valence-electron chi connectivity index (χ3n) is 3.16. The largest absolute Gasteiger partial charge is 0.508 e. The van der Waals surface area contributed by atoms with Crippen LogP contribution >= 0.6 is 0 Å². The molecular formula is C12H15NO3. The van der Waals surface area contributed by atoms with Gasteiger partial charge in [0, 0.05) is 12.1 Å². The molecule has 1 aromatic rings. The van der Waals surface area contributed by atoms with Crippen molar-refractivity contribution in [3.63, 3.8) is 0 Å². The van der Waals surface area contributed by atoms with Gasteiger partial charge in [0.05, 0.1) is 0 Å². The molecule has 0 bridgehead atoms. The molecule has 4 heteroatoms. The van der Waals surface area contributed by atoms with Crippen molar-refractivity contribution < 1.29 is 14.6 Å². The summed E-state index contributed by atoms with van der Waals surface area (Å²) in [6.45, 7) is 1.63. The monoisotopic (exact) mass is 221 g/mol. The van der Waals surface area contributed by atoms with Crippen molar-refractivity contribution in [3.05, 3.63) is 18.2 Å². The fourth-order valence-corrected chi connectivity index (χ4v) is 2.30. The summed E-state index contributed by atoms with van der Waals surface area (Å²) >= 11 is 0. The SMILES string of the molecule is Oc1ccc2c(c1)O[C@@H]([C@H]1CCCN1)CO2. The molecule has 2 N–H and O–H groups in total. The van der Waals surface area contributed by atoms with Crippen LogP contribution in [0.25, 0.3) is 0 Å². The van der Waals surface area contributed by atoms with Gasteiger partial charge in [-0.15, -0.1) is 0 Å². The summed E-state index contributed by atoms with van der Waals surface area (Å²) in [5, 5.41) is 12.8. The van der Waals surface area contributed by atoms with E-state index in [-0.39, 0.29) is 11.9 Å². The lowest BCUT2D eigenvalue weighted by Gasteiger charge is -2.30. The quantitative estimate of drug-likeness (QED) is 0.750. The number of nitrogens with one attached hydrogen (secondary N) is 1. The molecule has 2 aliphatic rings. The number of rotatable bonds is 1. The summed E-state index contributed by atoms with van der Waals surface area (Å²) in [5.41, 5.74) is 0. The van der Waals surface area contributed by atoms with Gasteiger partial charge in [0.25, 0.3) is 0 Å². The molecule has 2 atom stereocenters. The van der Waals surface area contributed by atoms with Crippen molar-refractivity contribution in [2.45, 2.75) is 25.0 Å². The van der Waals surface area contributed by atoms with Gasteiger partial charge in [-0.05, 0) is 31.5 Å². The molecule has 86 valence electrons. The van der Waals surface area contributed by atoms with E-state index in [9.17, 15) is 5.11 Å². The topological polar surface area (TPSA) is 50.7 Å². The minimum absolute atomic E-state index is 0.0526. The van der Waals surface area contributed by atoms with Gasteiger partial charge in [-0.25, -0.2) is 0 Å². The van der Waals surface area contributed by atoms with Crippen LogP contribution in [0.3, 0.4) is 0 Å². The van der Waals surface area contributed by atoms with Gasteiger partial charge in [0.15, 0.2) is 11.5 Å². The average molecular weight is 221 g/mol. The van der Waals surface area contributed by atoms with E-state index in [4.69, 9.17) is 9.47 Å². The van der Waals surface area contributed by atoms with Gasteiger partial charge in [-0.3, -0.25) is 0 Å². The molecule has 1 fully saturated rings. The van der Waals surface area contributed by atoms with Crippen LogP contribution in [0.5, 0.6) is 17.2 Å². The summed E-state index contributed by atoms with van der Waals surface area (Å²) in [7, 11) is 0. The molecule has 3 rings (SSSR count). The normalized spacial score (nSPS) is 28.0. The van der Waals surface area contributed by atoms with Gasteiger partial charge in [0.1, 0.15) is 18.5 Å². The first kappa shape index (κ1) is 9.78. The second-order valence-electron chi connectivity index (χ2n) is 4.30. The predicted octanol–water partition coefficient (Wildman–Crippen LogP) is 1.28. The number of phenolic OH excluding ortho intramolecular Hbond substituents is 1. The van der Waals surface area contributed by atoms with Gasteiger partial charge in [-0.1, -0.05) is 0 Å². The molecule has 0 spiro atoms. The lowest BCUT2D eigenvalue weighted by Crippen LogP contribution is -2.44. The number of benzene rings is 1. The fourth-order valence-electron chi connectivity index (χ4n) is 2.30. The average Bonchev–Trinajstić information content (AvgIpc) is 2.81. The van der Waals surface area contributed by atoms with Crippen LogP contribution in [0.15, 0.2) is 18.2 Å². The highest BCUT2D eigenvalue weighted by Gasteiger charge is 2.30. The molecule has 0 saturated carbocycles. The molecule has 0 aliphatic carbocycles. The first-order valence-corrected chi connectivity index (χ1v) is 5.69. The standard InChI is InChI=1S/C12H15NO3/c14-8-3-4-10-11(6-8)16-12(7-15-10)9-2-1-5-13-9/h3-4,6,9,12-14H,1-2,5,7H2/t9-,12-/m1/s1. The van der Waals surface area contributed by atoms with E-state index in [0.717, 1.165) is 13.0 Å². The predicted molar refractivity (Wildman–Crippen MR) is 59.0 cm³/mol. The van der Waals surface area contributed by atoms with Crippen LogP contribution in [0.1, 0.15) is 12.8 Å². The number of ether oxygens (including phenoxy) is 2. The van der Waals surface area contributed by atoms with E-state index in [2.05, 4.69) is 5.32 Å². The Hall–Kier alpha value is -1.42. The lowest BCUT2D eigenvalue weighted by atomic mass is 10.1. The van der Waals surface area contributed by atoms with E-state index in [1.165, 1.54) is 6.42 Å². The summed E-state index contributed by atoms with van der Waals surface area (Å²) in [6.07, 6.45) is 2.37. The van der Waals surface area contributed by atoms with E-state index >= 15 is 0 Å². The van der Waals surface area contributed by atoms with Crippen molar-refractivity contribution >= 4 is 0 Å². The first-order chi connectivity index (χ1) is 7.83. The van der Waals surface area contributed by atoms with Crippen LogP contribution in [-0.4, -0.2) is 30.4 Å². The Morgan fingerprint density at radius 3 is 3.06 bits per heavy atom. The van der Waals surface area contributed by atoms with Crippen molar-refractivity contribution in [3.8, 4) is 17.2 Å². The van der Waals surface area contributed by atoms with Gasteiger partial charge in [-0.2, -0.15) is 0 Å². The number of phenols is 1. The van der Waals surface area contributed by atoms with Crippen LogP contribution in [0, 0.1) is 0 Å². The third kappa shape index (κ3) is 1.69. The third-order valence-corrected chi connectivity index (χ3v) is 3.16. The Kier molecular flexibility index (Phi) is 2.36. The molecule has 1 saturated heterocycles. The maximum Gasteiger partial charge on any atom is 0.165 e. The first-order valence-electron chi connectivity index (χ1n) is 5.69. The second-order valence-corrected chi connectivity index (χ2v) is 4.30. The Labute approximate surface area is 94.2 Å². The van der Waals surface area contributed by atoms with Crippen molar-refractivity contribution in [1.29, 1.82) is 0 Å². The lowest BCUT2D eigenvalue weighted by molar-refractivity contribution is 0.0668.